The fourth-order valence-electron chi connectivity index (χ4n) is 3.37. The van der Waals surface area contributed by atoms with Crippen LogP contribution in [0.15, 0.2) is 57.9 Å². The van der Waals surface area contributed by atoms with Gasteiger partial charge in [-0.2, -0.15) is 13.2 Å². The number of hydrogen-bond donors (Lipinski definition) is 0. The zero-order valence-electron chi connectivity index (χ0n) is 17.7. The molecule has 3 aromatic rings. The molecule has 1 fully saturated rings. The van der Waals surface area contributed by atoms with Crippen molar-refractivity contribution >= 4 is 51.7 Å². The molecule has 1 aliphatic rings. The van der Waals surface area contributed by atoms with Crippen LogP contribution in [0.3, 0.4) is 0 Å². The Hall–Kier alpha value is -3.44. The number of benzene rings is 2. The van der Waals surface area contributed by atoms with Crippen LogP contribution >= 0.6 is 24.0 Å². The summed E-state index contributed by atoms with van der Waals surface area (Å²) in [5.41, 5.74) is 0.908. The molecule has 1 saturated heterocycles. The van der Waals surface area contributed by atoms with Crippen molar-refractivity contribution in [3.8, 4) is 11.3 Å². The summed E-state index contributed by atoms with van der Waals surface area (Å²) in [4.78, 5) is 25.1. The highest BCUT2D eigenvalue weighted by Crippen LogP contribution is 2.39. The average Bonchev–Trinajstić information content (AvgIpc) is 3.33. The van der Waals surface area contributed by atoms with Crippen LogP contribution in [0.5, 0.6) is 0 Å². The molecule has 6 nitrogen and oxygen atoms in total. The summed E-state index contributed by atoms with van der Waals surface area (Å²) in [5, 5.41) is 11.5. The Morgan fingerprint density at radius 2 is 1.82 bits per heavy atom. The van der Waals surface area contributed by atoms with Crippen LogP contribution in [0.1, 0.15) is 22.5 Å². The molecule has 4 rings (SSSR count). The molecular weight excluding hydrogens is 489 g/mol. The molecule has 0 aliphatic carbocycles. The van der Waals surface area contributed by atoms with Crippen LogP contribution < -0.4 is 4.90 Å². The number of thioether (sulfide) groups is 1. The number of furan rings is 1. The third-order valence-electron chi connectivity index (χ3n) is 5.20. The van der Waals surface area contributed by atoms with Gasteiger partial charge in [-0.1, -0.05) is 30.0 Å². The zero-order valence-corrected chi connectivity index (χ0v) is 19.3. The van der Waals surface area contributed by atoms with Gasteiger partial charge in [0.05, 0.1) is 26.6 Å². The number of amides is 1. The molecular formula is C23H15F3N2O4S2. The minimum Gasteiger partial charge on any atom is -0.456 e. The minimum absolute atomic E-state index is 0.00612. The van der Waals surface area contributed by atoms with E-state index in [4.69, 9.17) is 16.6 Å². The van der Waals surface area contributed by atoms with E-state index < -0.39 is 22.6 Å². The molecule has 0 unspecified atom stereocenters. The Morgan fingerprint density at radius 3 is 2.50 bits per heavy atom. The third kappa shape index (κ3) is 4.48. The van der Waals surface area contributed by atoms with Crippen molar-refractivity contribution in [3.05, 3.63) is 86.0 Å². The summed E-state index contributed by atoms with van der Waals surface area (Å²) in [5.74, 6) is -0.106. The Kier molecular flexibility index (Phi) is 6.09. The summed E-state index contributed by atoms with van der Waals surface area (Å²) in [7, 11) is 0. The van der Waals surface area contributed by atoms with E-state index in [1.54, 1.807) is 25.1 Å². The van der Waals surface area contributed by atoms with Gasteiger partial charge in [-0.3, -0.25) is 19.8 Å². The maximum atomic E-state index is 13.1. The molecule has 0 N–H and O–H groups in total. The highest BCUT2D eigenvalue weighted by molar-refractivity contribution is 8.27. The number of nitro groups is 1. The Balaban J connectivity index is 1.66. The van der Waals surface area contributed by atoms with Crippen molar-refractivity contribution in [1.82, 2.24) is 0 Å². The molecule has 2 heterocycles. The number of carbonyl (C=O) groups excluding carboxylic acids is 1. The first-order valence-electron chi connectivity index (χ1n) is 9.77. The van der Waals surface area contributed by atoms with E-state index >= 15 is 0 Å². The molecule has 11 heteroatoms. The zero-order chi connectivity index (χ0) is 24.8. The van der Waals surface area contributed by atoms with Gasteiger partial charge in [0.1, 0.15) is 11.5 Å². The van der Waals surface area contributed by atoms with Crippen molar-refractivity contribution < 1.29 is 27.3 Å². The predicted octanol–water partition coefficient (Wildman–Crippen LogP) is 6.90. The quantitative estimate of drug-likeness (QED) is 0.167. The largest absolute Gasteiger partial charge is 0.456 e. The Bertz CT molecular complexity index is 1380. The van der Waals surface area contributed by atoms with E-state index in [1.807, 2.05) is 6.92 Å². The van der Waals surface area contributed by atoms with Gasteiger partial charge in [0, 0.05) is 12.1 Å². The number of nitrogens with zero attached hydrogens (tertiary/aromatic N) is 2. The normalized spacial score (nSPS) is 15.4. The first-order chi connectivity index (χ1) is 16.0. The third-order valence-corrected chi connectivity index (χ3v) is 6.50. The highest BCUT2D eigenvalue weighted by atomic mass is 32.2. The van der Waals surface area contributed by atoms with E-state index in [2.05, 4.69) is 0 Å². The summed E-state index contributed by atoms with van der Waals surface area (Å²) in [6.07, 6.45) is -3.16. The Morgan fingerprint density at radius 1 is 1.12 bits per heavy atom. The van der Waals surface area contributed by atoms with E-state index in [0.717, 1.165) is 39.9 Å². The van der Waals surface area contributed by atoms with Crippen molar-refractivity contribution in [2.24, 2.45) is 0 Å². The molecule has 0 bridgehead atoms. The standard InChI is InChI=1S/C23H15F3N2O4S2/c1-12-8-17(18(28(30)31)9-13(12)2)19-7-6-16(32-19)11-20-21(29)27(22(33)34-20)15-5-3-4-14(10-15)23(24,25)26/h3-11H,1-2H3/b20-11+. The summed E-state index contributed by atoms with van der Waals surface area (Å²) in [6, 6.07) is 10.6. The molecule has 2 aromatic carbocycles. The maximum absolute atomic E-state index is 13.1. The Labute approximate surface area is 201 Å². The van der Waals surface area contributed by atoms with Crippen molar-refractivity contribution in [2.45, 2.75) is 20.0 Å². The molecule has 0 saturated carbocycles. The van der Waals surface area contributed by atoms with Gasteiger partial charge in [0.25, 0.3) is 11.6 Å². The van der Waals surface area contributed by atoms with E-state index in [9.17, 15) is 28.1 Å². The van der Waals surface area contributed by atoms with E-state index in [1.165, 1.54) is 24.3 Å². The lowest BCUT2D eigenvalue weighted by Gasteiger charge is -2.16. The van der Waals surface area contributed by atoms with Crippen LogP contribution in [-0.2, 0) is 11.0 Å². The molecule has 1 aromatic heterocycles. The number of hydrogen-bond acceptors (Lipinski definition) is 6. The highest BCUT2D eigenvalue weighted by Gasteiger charge is 2.36. The molecule has 0 spiro atoms. The van der Waals surface area contributed by atoms with Crippen molar-refractivity contribution in [2.75, 3.05) is 4.90 Å². The first kappa shape index (κ1) is 23.7. The molecule has 0 radical (unpaired) electrons. The van der Waals surface area contributed by atoms with Gasteiger partial charge in [0.15, 0.2) is 4.32 Å². The number of nitro benzene ring substituents is 1. The second-order valence-electron chi connectivity index (χ2n) is 7.48. The average molecular weight is 505 g/mol. The number of anilines is 1. The number of rotatable bonds is 4. The van der Waals surface area contributed by atoms with Gasteiger partial charge >= 0.3 is 6.18 Å². The summed E-state index contributed by atoms with van der Waals surface area (Å²) in [6.45, 7) is 3.59. The molecule has 34 heavy (non-hydrogen) atoms. The fourth-order valence-corrected chi connectivity index (χ4v) is 4.64. The second kappa shape index (κ2) is 8.73. The maximum Gasteiger partial charge on any atom is 0.416 e. The van der Waals surface area contributed by atoms with Crippen LogP contribution in [0, 0.1) is 24.0 Å². The van der Waals surface area contributed by atoms with E-state index in [-0.39, 0.29) is 32.1 Å². The van der Waals surface area contributed by atoms with Crippen LogP contribution in [0.2, 0.25) is 0 Å². The van der Waals surface area contributed by atoms with Crippen LogP contribution in [0.25, 0.3) is 17.4 Å². The summed E-state index contributed by atoms with van der Waals surface area (Å²) < 4.78 is 45.0. The molecule has 1 aliphatic heterocycles. The first-order valence-corrected chi connectivity index (χ1v) is 11.0. The van der Waals surface area contributed by atoms with Crippen LogP contribution in [-0.4, -0.2) is 15.2 Å². The lowest BCUT2D eigenvalue weighted by Crippen LogP contribution is -2.27. The number of alkyl halides is 3. The minimum atomic E-state index is -4.56. The van der Waals surface area contributed by atoms with Crippen molar-refractivity contribution in [1.29, 1.82) is 0 Å². The monoisotopic (exact) mass is 504 g/mol. The topological polar surface area (TPSA) is 76.6 Å². The fraction of sp³-hybridized carbons (Fsp3) is 0.130. The van der Waals surface area contributed by atoms with Gasteiger partial charge in [-0.05, 0) is 61.4 Å². The lowest BCUT2D eigenvalue weighted by molar-refractivity contribution is -0.384. The van der Waals surface area contributed by atoms with Gasteiger partial charge in [0.2, 0.25) is 0 Å². The molecule has 0 atom stereocenters. The van der Waals surface area contributed by atoms with Gasteiger partial charge in [-0.15, -0.1) is 0 Å². The number of thiocarbonyl (C=S) groups is 1. The predicted molar refractivity (Wildman–Crippen MR) is 127 cm³/mol. The number of carbonyl (C=O) groups is 1. The summed E-state index contributed by atoms with van der Waals surface area (Å²) >= 11 is 6.15. The molecule has 1 amide bonds. The van der Waals surface area contributed by atoms with E-state index in [0.29, 0.717) is 5.56 Å². The lowest BCUT2D eigenvalue weighted by atomic mass is 10.0. The van der Waals surface area contributed by atoms with Crippen molar-refractivity contribution in [3.63, 3.8) is 0 Å². The number of halogens is 3. The number of aryl methyl sites for hydroxylation is 2. The SMILES string of the molecule is Cc1cc(-c2ccc(/C=C3/SC(=S)N(c4cccc(C(F)(F)F)c4)C3=O)o2)c([N+](=O)[O-])cc1C. The van der Waals surface area contributed by atoms with Gasteiger partial charge in [-0.25, -0.2) is 0 Å². The van der Waals surface area contributed by atoms with Gasteiger partial charge < -0.3 is 4.42 Å². The smallest absolute Gasteiger partial charge is 0.416 e. The second-order valence-corrected chi connectivity index (χ2v) is 9.15. The van der Waals surface area contributed by atoms with Crippen LogP contribution in [0.4, 0.5) is 24.5 Å². The molecule has 174 valence electrons.